The number of ether oxygens (including phenoxy) is 5. The van der Waals surface area contributed by atoms with Crippen molar-refractivity contribution in [2.75, 3.05) is 40.9 Å². The summed E-state index contributed by atoms with van der Waals surface area (Å²) >= 11 is 0. The van der Waals surface area contributed by atoms with Crippen molar-refractivity contribution in [3.63, 3.8) is 0 Å². The fourth-order valence-corrected chi connectivity index (χ4v) is 4.19. The van der Waals surface area contributed by atoms with Crippen molar-refractivity contribution in [1.29, 1.82) is 0 Å². The highest BCUT2D eigenvalue weighted by molar-refractivity contribution is 6.04. The van der Waals surface area contributed by atoms with Crippen LogP contribution in [0.1, 0.15) is 44.3 Å². The van der Waals surface area contributed by atoms with E-state index in [1.807, 2.05) is 12.1 Å². The van der Waals surface area contributed by atoms with Crippen LogP contribution in [0.5, 0.6) is 28.7 Å². The number of aromatic nitrogens is 2. The number of benzene rings is 2. The van der Waals surface area contributed by atoms with Crippen LogP contribution < -0.4 is 29.0 Å². The van der Waals surface area contributed by atoms with Crippen molar-refractivity contribution < 1.29 is 33.3 Å². The molecule has 1 amide bonds. The first-order chi connectivity index (χ1) is 17.4. The van der Waals surface area contributed by atoms with Crippen LogP contribution in [0.2, 0.25) is 0 Å². The van der Waals surface area contributed by atoms with E-state index in [1.54, 1.807) is 32.4 Å². The van der Waals surface area contributed by atoms with Crippen LogP contribution in [0.25, 0.3) is 0 Å². The van der Waals surface area contributed by atoms with Gasteiger partial charge in [0.25, 0.3) is 5.91 Å². The molecule has 0 bridgehead atoms. The third-order valence-electron chi connectivity index (χ3n) is 6.04. The maximum Gasteiger partial charge on any atom is 0.258 e. The van der Waals surface area contributed by atoms with E-state index in [1.165, 1.54) is 27.5 Å². The fourth-order valence-electron chi connectivity index (χ4n) is 4.19. The second-order valence-electron chi connectivity index (χ2n) is 8.10. The molecular weight excluding hydrogens is 466 g/mol. The van der Waals surface area contributed by atoms with Crippen LogP contribution >= 0.6 is 0 Å². The van der Waals surface area contributed by atoms with Gasteiger partial charge in [-0.25, -0.2) is 9.97 Å². The summed E-state index contributed by atoms with van der Waals surface area (Å²) in [6.45, 7) is 0. The molecule has 1 atom stereocenters. The Kier molecular flexibility index (Phi) is 7.23. The molecule has 1 aliphatic rings. The van der Waals surface area contributed by atoms with Crippen LogP contribution in [0, 0.1) is 0 Å². The van der Waals surface area contributed by atoms with Crippen LogP contribution in [-0.2, 0) is 6.42 Å². The summed E-state index contributed by atoms with van der Waals surface area (Å²) in [7, 11) is 7.63. The number of hydrogen-bond donors (Lipinski definition) is 1. The maximum absolute atomic E-state index is 12.9. The number of nitrogens with zero attached hydrogens (tertiary/aromatic N) is 2. The zero-order valence-corrected chi connectivity index (χ0v) is 20.7. The van der Waals surface area contributed by atoms with Gasteiger partial charge in [0.15, 0.2) is 17.3 Å². The summed E-state index contributed by atoms with van der Waals surface area (Å²) in [5.41, 5.74) is 2.17. The van der Waals surface area contributed by atoms with Crippen LogP contribution in [-0.4, -0.2) is 57.2 Å². The lowest BCUT2D eigenvalue weighted by molar-refractivity contribution is 0.0962. The number of amides is 1. The van der Waals surface area contributed by atoms with Gasteiger partial charge in [-0.2, -0.15) is 0 Å². The number of rotatable bonds is 8. The molecule has 3 aromatic rings. The number of nitrogens with one attached hydrogen (secondary N) is 1. The molecule has 0 spiro atoms. The lowest BCUT2D eigenvalue weighted by atomic mass is 9.82. The Morgan fingerprint density at radius 2 is 1.50 bits per heavy atom. The van der Waals surface area contributed by atoms with E-state index in [4.69, 9.17) is 23.7 Å². The van der Waals surface area contributed by atoms with E-state index in [0.29, 0.717) is 52.0 Å². The zero-order valence-electron chi connectivity index (χ0n) is 20.7. The third-order valence-corrected chi connectivity index (χ3v) is 6.04. The smallest absolute Gasteiger partial charge is 0.258 e. The Bertz CT molecular complexity index is 1260. The molecule has 4 rings (SSSR count). The number of carbonyl (C=O) groups is 2. The molecule has 1 aliphatic carbocycles. The van der Waals surface area contributed by atoms with Crippen molar-refractivity contribution >= 4 is 17.6 Å². The SMILES string of the molecule is COc1cc(OC)cc(C(=O)Nc2ncc3c(n2)C[C@@H](c2cc(OC)c(OC)c(OC)c2)CC3=O)c1. The van der Waals surface area contributed by atoms with Gasteiger partial charge in [-0.3, -0.25) is 14.9 Å². The summed E-state index contributed by atoms with van der Waals surface area (Å²) in [6, 6.07) is 8.51. The Balaban J connectivity index is 1.61. The molecule has 1 heterocycles. The predicted octanol–water partition coefficient (Wildman–Crippen LogP) is 3.68. The van der Waals surface area contributed by atoms with Gasteiger partial charge in [0.05, 0.1) is 46.8 Å². The molecule has 2 aromatic carbocycles. The van der Waals surface area contributed by atoms with E-state index >= 15 is 0 Å². The minimum atomic E-state index is -0.435. The first-order valence-corrected chi connectivity index (χ1v) is 11.1. The van der Waals surface area contributed by atoms with Crippen molar-refractivity contribution in [3.8, 4) is 28.7 Å². The van der Waals surface area contributed by atoms with Gasteiger partial charge >= 0.3 is 0 Å². The Labute approximate surface area is 208 Å². The highest BCUT2D eigenvalue weighted by Gasteiger charge is 2.30. The molecule has 0 saturated heterocycles. The third kappa shape index (κ3) is 4.88. The standard InChI is InChI=1S/C26H27N3O7/c1-32-17-6-16(7-18(12-17)33-2)25(31)29-26-27-13-19-20(28-26)8-14(9-21(19)30)15-10-22(34-3)24(36-5)23(11-15)35-4/h6-7,10-14H,8-9H2,1-5H3,(H,27,28,29,31)/t14-/m1/s1. The average molecular weight is 494 g/mol. The maximum atomic E-state index is 12.9. The molecule has 10 nitrogen and oxygen atoms in total. The van der Waals surface area contributed by atoms with Gasteiger partial charge in [0.1, 0.15) is 11.5 Å². The quantitative estimate of drug-likeness (QED) is 0.501. The summed E-state index contributed by atoms with van der Waals surface area (Å²) in [5, 5.41) is 2.69. The largest absolute Gasteiger partial charge is 0.497 e. The highest BCUT2D eigenvalue weighted by atomic mass is 16.5. The van der Waals surface area contributed by atoms with Gasteiger partial charge < -0.3 is 23.7 Å². The molecule has 1 aromatic heterocycles. The summed E-state index contributed by atoms with van der Waals surface area (Å²) in [5.74, 6) is 1.87. The number of carbonyl (C=O) groups excluding carboxylic acids is 2. The molecular formula is C26H27N3O7. The second kappa shape index (κ2) is 10.5. The number of hydrogen-bond acceptors (Lipinski definition) is 9. The fraction of sp³-hybridized carbons (Fsp3) is 0.308. The molecule has 10 heteroatoms. The molecule has 188 valence electrons. The first kappa shape index (κ1) is 24.8. The van der Waals surface area contributed by atoms with Crippen molar-refractivity contribution in [2.45, 2.75) is 18.8 Å². The molecule has 1 N–H and O–H groups in total. The van der Waals surface area contributed by atoms with Crippen LogP contribution in [0.4, 0.5) is 5.95 Å². The van der Waals surface area contributed by atoms with Crippen LogP contribution in [0.3, 0.4) is 0 Å². The molecule has 0 radical (unpaired) electrons. The van der Waals surface area contributed by atoms with Crippen molar-refractivity contribution in [3.05, 3.63) is 58.9 Å². The number of anilines is 1. The number of Topliss-reactive ketones (excluding diaryl/α,β-unsaturated/α-hetero) is 1. The van der Waals surface area contributed by atoms with Crippen LogP contribution in [0.15, 0.2) is 36.5 Å². The molecule has 0 saturated carbocycles. The van der Waals surface area contributed by atoms with E-state index in [-0.39, 0.29) is 24.1 Å². The van der Waals surface area contributed by atoms with Gasteiger partial charge in [-0.15, -0.1) is 0 Å². The Morgan fingerprint density at radius 1 is 0.861 bits per heavy atom. The lowest BCUT2D eigenvalue weighted by Crippen LogP contribution is -2.22. The average Bonchev–Trinajstić information content (AvgIpc) is 2.91. The summed E-state index contributed by atoms with van der Waals surface area (Å²) < 4.78 is 26.8. The molecule has 0 fully saturated rings. The highest BCUT2D eigenvalue weighted by Crippen LogP contribution is 2.42. The zero-order chi connectivity index (χ0) is 25.8. The Morgan fingerprint density at radius 3 is 2.06 bits per heavy atom. The van der Waals surface area contributed by atoms with Gasteiger partial charge in [-0.1, -0.05) is 0 Å². The topological polar surface area (TPSA) is 118 Å². The minimum absolute atomic E-state index is 0.0783. The second-order valence-corrected chi connectivity index (χ2v) is 8.10. The lowest BCUT2D eigenvalue weighted by Gasteiger charge is -2.24. The first-order valence-electron chi connectivity index (χ1n) is 11.1. The van der Waals surface area contributed by atoms with Gasteiger partial charge in [0.2, 0.25) is 11.7 Å². The summed E-state index contributed by atoms with van der Waals surface area (Å²) in [6.07, 6.45) is 2.21. The normalized spacial score (nSPS) is 14.5. The minimum Gasteiger partial charge on any atom is -0.497 e. The van der Waals surface area contributed by atoms with Crippen molar-refractivity contribution in [1.82, 2.24) is 9.97 Å². The van der Waals surface area contributed by atoms with E-state index < -0.39 is 5.91 Å². The molecule has 36 heavy (non-hydrogen) atoms. The van der Waals surface area contributed by atoms with E-state index in [2.05, 4.69) is 15.3 Å². The number of ketones is 1. The number of fused-ring (bicyclic) bond motifs is 1. The monoisotopic (exact) mass is 493 g/mol. The van der Waals surface area contributed by atoms with Gasteiger partial charge in [0, 0.05) is 24.2 Å². The van der Waals surface area contributed by atoms with Gasteiger partial charge in [-0.05, 0) is 42.2 Å². The number of methoxy groups -OCH3 is 5. The predicted molar refractivity (Wildman–Crippen MR) is 131 cm³/mol. The summed E-state index contributed by atoms with van der Waals surface area (Å²) in [4.78, 5) is 34.5. The molecule has 0 unspecified atom stereocenters. The van der Waals surface area contributed by atoms with E-state index in [9.17, 15) is 9.59 Å². The van der Waals surface area contributed by atoms with Crippen molar-refractivity contribution in [2.24, 2.45) is 0 Å². The molecule has 0 aliphatic heterocycles. The van der Waals surface area contributed by atoms with E-state index in [0.717, 1.165) is 5.56 Å². The Hall–Kier alpha value is -4.34.